The van der Waals surface area contributed by atoms with Gasteiger partial charge in [-0.15, -0.1) is 0 Å². The number of fused-ring (bicyclic) bond motifs is 1. The Morgan fingerprint density at radius 3 is 2.93 bits per heavy atom. The quantitative estimate of drug-likeness (QED) is 0.707. The molecular weight excluding hydrogens is 182 g/mol. The highest BCUT2D eigenvalue weighted by molar-refractivity contribution is 5.78. The fourth-order valence-corrected chi connectivity index (χ4v) is 1.26. The van der Waals surface area contributed by atoms with Crippen LogP contribution in [0, 0.1) is 0 Å². The first-order valence-corrected chi connectivity index (χ1v) is 4.17. The summed E-state index contributed by atoms with van der Waals surface area (Å²) in [5, 5.41) is 10.1. The largest absolute Gasteiger partial charge is 0.497 e. The lowest BCUT2D eigenvalue weighted by Crippen LogP contribution is -2.11. The van der Waals surface area contributed by atoms with Crippen molar-refractivity contribution >= 4 is 17.0 Å². The fourth-order valence-electron chi connectivity index (χ4n) is 1.26. The van der Waals surface area contributed by atoms with Gasteiger partial charge in [0.05, 0.1) is 18.1 Å². The number of aromatic amines is 1. The van der Waals surface area contributed by atoms with Gasteiger partial charge in [0.2, 0.25) is 5.95 Å². The highest BCUT2D eigenvalue weighted by Gasteiger charge is 2.05. The van der Waals surface area contributed by atoms with E-state index in [0.29, 0.717) is 5.95 Å². The molecule has 1 aromatic carbocycles. The summed E-state index contributed by atoms with van der Waals surface area (Å²) in [6, 6.07) is 5.48. The van der Waals surface area contributed by atoms with Crippen LogP contribution in [0.5, 0.6) is 5.75 Å². The number of aromatic nitrogens is 2. The Hall–Kier alpha value is -1.75. The van der Waals surface area contributed by atoms with E-state index >= 15 is 0 Å². The first kappa shape index (κ1) is 8.83. The van der Waals surface area contributed by atoms with Gasteiger partial charge in [0.1, 0.15) is 5.75 Å². The summed E-state index contributed by atoms with van der Waals surface area (Å²) in [6.07, 6.45) is 0. The second-order valence-corrected chi connectivity index (χ2v) is 2.97. The van der Waals surface area contributed by atoms with Crippen LogP contribution in [-0.2, 0) is 0 Å². The van der Waals surface area contributed by atoms with Crippen molar-refractivity contribution in [2.24, 2.45) is 0 Å². The van der Waals surface area contributed by atoms with Gasteiger partial charge in [0.25, 0.3) is 0 Å². The predicted molar refractivity (Wildman–Crippen MR) is 52.8 cm³/mol. The van der Waals surface area contributed by atoms with E-state index in [1.165, 1.54) is 7.05 Å². The van der Waals surface area contributed by atoms with E-state index in [0.717, 1.165) is 21.8 Å². The molecule has 5 heteroatoms. The van der Waals surface area contributed by atoms with Crippen molar-refractivity contribution in [3.05, 3.63) is 18.2 Å². The van der Waals surface area contributed by atoms with Crippen LogP contribution in [0.25, 0.3) is 11.0 Å². The summed E-state index contributed by atoms with van der Waals surface area (Å²) in [5.41, 5.74) is 1.63. The van der Waals surface area contributed by atoms with Crippen LogP contribution in [-0.4, -0.2) is 29.3 Å². The van der Waals surface area contributed by atoms with Crippen LogP contribution in [0.1, 0.15) is 0 Å². The third kappa shape index (κ3) is 1.38. The number of nitrogens with zero attached hydrogens (tertiary/aromatic N) is 2. The van der Waals surface area contributed by atoms with E-state index in [2.05, 4.69) is 9.97 Å². The summed E-state index contributed by atoms with van der Waals surface area (Å²) < 4.78 is 5.07. The maximum absolute atomic E-state index is 9.16. The molecule has 2 N–H and O–H groups in total. The average Bonchev–Trinajstić information content (AvgIpc) is 2.59. The Morgan fingerprint density at radius 1 is 1.50 bits per heavy atom. The third-order valence-corrected chi connectivity index (χ3v) is 1.98. The maximum atomic E-state index is 9.16. The number of H-pyrrole nitrogens is 1. The summed E-state index contributed by atoms with van der Waals surface area (Å²) in [6.45, 7) is 0. The fraction of sp³-hybridized carbons (Fsp3) is 0.222. The Balaban J connectivity index is 2.54. The molecule has 0 amide bonds. The average molecular weight is 193 g/mol. The molecule has 0 aliphatic heterocycles. The molecule has 2 rings (SSSR count). The van der Waals surface area contributed by atoms with E-state index in [1.807, 2.05) is 18.2 Å². The number of methoxy groups -OCH3 is 1. The second-order valence-electron chi connectivity index (χ2n) is 2.97. The molecule has 0 aliphatic rings. The summed E-state index contributed by atoms with van der Waals surface area (Å²) in [7, 11) is 3.12. The van der Waals surface area contributed by atoms with Crippen molar-refractivity contribution in [1.29, 1.82) is 0 Å². The lowest BCUT2D eigenvalue weighted by Gasteiger charge is -2.02. The number of hydroxylamine groups is 1. The molecule has 5 nitrogen and oxygen atoms in total. The topological polar surface area (TPSA) is 61.4 Å². The van der Waals surface area contributed by atoms with E-state index < -0.39 is 0 Å². The zero-order chi connectivity index (χ0) is 10.1. The maximum Gasteiger partial charge on any atom is 0.227 e. The van der Waals surface area contributed by atoms with Gasteiger partial charge in [0, 0.05) is 13.1 Å². The molecular formula is C9H11N3O2. The number of nitrogens with one attached hydrogen (secondary N) is 1. The van der Waals surface area contributed by atoms with Gasteiger partial charge in [-0.2, -0.15) is 0 Å². The molecule has 0 spiro atoms. The van der Waals surface area contributed by atoms with Crippen LogP contribution < -0.4 is 9.80 Å². The molecule has 0 radical (unpaired) electrons. The molecule has 0 atom stereocenters. The van der Waals surface area contributed by atoms with E-state index in [9.17, 15) is 0 Å². The van der Waals surface area contributed by atoms with Crippen molar-refractivity contribution in [2.45, 2.75) is 0 Å². The molecule has 14 heavy (non-hydrogen) atoms. The Morgan fingerprint density at radius 2 is 2.29 bits per heavy atom. The van der Waals surface area contributed by atoms with E-state index in [-0.39, 0.29) is 0 Å². The second kappa shape index (κ2) is 3.19. The highest BCUT2D eigenvalue weighted by Crippen LogP contribution is 2.20. The molecule has 74 valence electrons. The monoisotopic (exact) mass is 193 g/mol. The minimum absolute atomic E-state index is 0.410. The van der Waals surface area contributed by atoms with Crippen LogP contribution in [0.4, 0.5) is 5.95 Å². The number of hydrogen-bond acceptors (Lipinski definition) is 4. The Bertz CT molecular complexity index is 450. The Labute approximate surface area is 80.9 Å². The summed E-state index contributed by atoms with van der Waals surface area (Å²) in [5.74, 6) is 1.17. The highest BCUT2D eigenvalue weighted by atomic mass is 16.5. The van der Waals surface area contributed by atoms with Crippen molar-refractivity contribution in [3.63, 3.8) is 0 Å². The molecule has 0 saturated heterocycles. The first-order valence-electron chi connectivity index (χ1n) is 4.17. The van der Waals surface area contributed by atoms with Crippen LogP contribution in [0.15, 0.2) is 18.2 Å². The van der Waals surface area contributed by atoms with E-state index in [1.54, 1.807) is 7.11 Å². The van der Waals surface area contributed by atoms with Gasteiger partial charge in [-0.05, 0) is 12.1 Å². The zero-order valence-corrected chi connectivity index (χ0v) is 7.98. The normalized spacial score (nSPS) is 10.5. The van der Waals surface area contributed by atoms with Crippen LogP contribution in [0.3, 0.4) is 0 Å². The van der Waals surface area contributed by atoms with Crippen molar-refractivity contribution in [3.8, 4) is 5.75 Å². The Kier molecular flexibility index (Phi) is 2.01. The van der Waals surface area contributed by atoms with Crippen LogP contribution in [0.2, 0.25) is 0 Å². The smallest absolute Gasteiger partial charge is 0.227 e. The third-order valence-electron chi connectivity index (χ3n) is 1.98. The standard InChI is InChI=1S/C9H11N3O2/c1-12(13)9-10-7-4-3-6(14-2)5-8(7)11-9/h3-5,13H,1-2H3,(H,10,11). The van der Waals surface area contributed by atoms with E-state index in [4.69, 9.17) is 9.94 Å². The first-order chi connectivity index (χ1) is 6.70. The van der Waals surface area contributed by atoms with Crippen molar-refractivity contribution in [2.75, 3.05) is 19.2 Å². The summed E-state index contributed by atoms with van der Waals surface area (Å²) >= 11 is 0. The zero-order valence-electron chi connectivity index (χ0n) is 7.98. The van der Waals surface area contributed by atoms with Gasteiger partial charge in [-0.1, -0.05) is 0 Å². The minimum Gasteiger partial charge on any atom is -0.497 e. The van der Waals surface area contributed by atoms with Gasteiger partial charge >= 0.3 is 0 Å². The predicted octanol–water partition coefficient (Wildman–Crippen LogP) is 1.40. The molecule has 0 bridgehead atoms. The van der Waals surface area contributed by atoms with Crippen molar-refractivity contribution < 1.29 is 9.94 Å². The van der Waals surface area contributed by atoms with Gasteiger partial charge in [-0.3, -0.25) is 5.21 Å². The molecule has 1 heterocycles. The number of ether oxygens (including phenoxy) is 1. The summed E-state index contributed by atoms with van der Waals surface area (Å²) in [4.78, 5) is 7.11. The number of imidazole rings is 1. The molecule has 0 fully saturated rings. The van der Waals surface area contributed by atoms with Gasteiger partial charge in [-0.25, -0.2) is 10.0 Å². The molecule has 0 aliphatic carbocycles. The SMILES string of the molecule is COc1ccc2nc(N(C)O)[nH]c2c1. The van der Waals surface area contributed by atoms with Gasteiger partial charge < -0.3 is 9.72 Å². The number of rotatable bonds is 2. The molecule has 0 unspecified atom stereocenters. The number of benzene rings is 1. The number of anilines is 1. The molecule has 2 aromatic rings. The molecule has 0 saturated carbocycles. The lowest BCUT2D eigenvalue weighted by atomic mass is 10.3. The molecule has 1 aromatic heterocycles. The lowest BCUT2D eigenvalue weighted by molar-refractivity contribution is 0.273. The van der Waals surface area contributed by atoms with Crippen LogP contribution >= 0.6 is 0 Å². The van der Waals surface area contributed by atoms with Crippen molar-refractivity contribution in [1.82, 2.24) is 9.97 Å². The van der Waals surface area contributed by atoms with Gasteiger partial charge in [0.15, 0.2) is 0 Å². The number of hydrogen-bond donors (Lipinski definition) is 2. The minimum atomic E-state index is 0.410.